The molecule has 6 nitrogen and oxygen atoms in total. The molecule has 0 radical (unpaired) electrons. The molecule has 2 heterocycles. The topological polar surface area (TPSA) is 71.3 Å². The largest absolute Gasteiger partial charge is 0.338 e. The van der Waals surface area contributed by atoms with Gasteiger partial charge in [0.15, 0.2) is 0 Å². The maximum absolute atomic E-state index is 12.6. The predicted octanol–water partition coefficient (Wildman–Crippen LogP) is 4.71. The van der Waals surface area contributed by atoms with Gasteiger partial charge in [-0.05, 0) is 43.0 Å². The molecule has 1 atom stereocenters. The molecule has 4 rings (SSSR count). The van der Waals surface area contributed by atoms with Crippen molar-refractivity contribution in [3.63, 3.8) is 0 Å². The maximum atomic E-state index is 12.6. The monoisotopic (exact) mass is 404 g/mol. The fourth-order valence-electron chi connectivity index (χ4n) is 3.82. The van der Waals surface area contributed by atoms with Gasteiger partial charge in [-0.3, -0.25) is 9.69 Å². The average Bonchev–Trinajstić information content (AvgIpc) is 3.23. The minimum absolute atomic E-state index is 0.0371. The van der Waals surface area contributed by atoms with Crippen LogP contribution in [0.15, 0.2) is 59.1 Å². The minimum atomic E-state index is -0.0371. The zero-order chi connectivity index (χ0) is 20.9. The Kier molecular flexibility index (Phi) is 6.23. The molecule has 1 aromatic heterocycles. The van der Waals surface area contributed by atoms with Crippen LogP contribution in [0, 0.1) is 5.92 Å². The van der Waals surface area contributed by atoms with Crippen LogP contribution in [0.5, 0.6) is 0 Å². The number of carbonyl (C=O) groups excluding carboxylic acids is 1. The number of para-hydroxylation sites is 1. The van der Waals surface area contributed by atoms with Crippen molar-refractivity contribution in [2.45, 2.75) is 39.2 Å². The van der Waals surface area contributed by atoms with E-state index in [1.165, 1.54) is 5.56 Å². The Morgan fingerprint density at radius 1 is 1.17 bits per heavy atom. The fraction of sp³-hybridized carbons (Fsp3) is 0.375. The standard InChI is InChI=1S/C24H28N4O2/c1-17(2)18-10-12-19(13-11-18)23-26-22(30-27-23)16-28-14-6-7-20(15-28)24(29)25-21-8-4-3-5-9-21/h3-5,8-13,17,20H,6-7,14-16H2,1-2H3,(H,25,29). The van der Waals surface area contributed by atoms with Crippen LogP contribution >= 0.6 is 0 Å². The number of likely N-dealkylation sites (tertiary alicyclic amines) is 1. The van der Waals surface area contributed by atoms with Gasteiger partial charge < -0.3 is 9.84 Å². The van der Waals surface area contributed by atoms with E-state index in [0.29, 0.717) is 30.7 Å². The van der Waals surface area contributed by atoms with Gasteiger partial charge in [-0.25, -0.2) is 0 Å². The molecule has 3 aromatic rings. The van der Waals surface area contributed by atoms with Crippen LogP contribution in [0.4, 0.5) is 5.69 Å². The van der Waals surface area contributed by atoms with Crippen molar-refractivity contribution in [2.75, 3.05) is 18.4 Å². The summed E-state index contributed by atoms with van der Waals surface area (Å²) in [6.45, 7) is 6.53. The summed E-state index contributed by atoms with van der Waals surface area (Å²) in [6, 6.07) is 17.9. The molecule has 1 amide bonds. The third kappa shape index (κ3) is 4.94. The molecule has 156 valence electrons. The number of nitrogens with zero attached hydrogens (tertiary/aromatic N) is 3. The van der Waals surface area contributed by atoms with E-state index in [2.05, 4.69) is 46.3 Å². The molecule has 1 N–H and O–H groups in total. The zero-order valence-corrected chi connectivity index (χ0v) is 17.5. The van der Waals surface area contributed by atoms with Gasteiger partial charge in [0.2, 0.25) is 17.6 Å². The number of hydrogen-bond donors (Lipinski definition) is 1. The van der Waals surface area contributed by atoms with E-state index in [1.807, 2.05) is 42.5 Å². The van der Waals surface area contributed by atoms with Gasteiger partial charge in [0.25, 0.3) is 0 Å². The Morgan fingerprint density at radius 2 is 1.93 bits per heavy atom. The van der Waals surface area contributed by atoms with E-state index >= 15 is 0 Å². The third-order valence-electron chi connectivity index (χ3n) is 5.58. The Balaban J connectivity index is 1.36. The first-order valence-electron chi connectivity index (χ1n) is 10.6. The lowest BCUT2D eigenvalue weighted by molar-refractivity contribution is -0.121. The quantitative estimate of drug-likeness (QED) is 0.644. The lowest BCUT2D eigenvalue weighted by Crippen LogP contribution is -2.40. The summed E-state index contributed by atoms with van der Waals surface area (Å²) < 4.78 is 5.49. The van der Waals surface area contributed by atoms with Crippen LogP contribution in [-0.4, -0.2) is 34.0 Å². The molecule has 1 aliphatic heterocycles. The predicted molar refractivity (Wildman–Crippen MR) is 117 cm³/mol. The number of amides is 1. The zero-order valence-electron chi connectivity index (χ0n) is 17.5. The summed E-state index contributed by atoms with van der Waals surface area (Å²) in [7, 11) is 0. The second-order valence-electron chi connectivity index (χ2n) is 8.22. The summed E-state index contributed by atoms with van der Waals surface area (Å²) in [5.41, 5.74) is 3.08. The number of rotatable bonds is 6. The lowest BCUT2D eigenvalue weighted by Gasteiger charge is -2.30. The lowest BCUT2D eigenvalue weighted by atomic mass is 9.97. The van der Waals surface area contributed by atoms with E-state index < -0.39 is 0 Å². The third-order valence-corrected chi connectivity index (χ3v) is 5.58. The van der Waals surface area contributed by atoms with Crippen LogP contribution in [0.25, 0.3) is 11.4 Å². The Hall–Kier alpha value is -2.99. The summed E-state index contributed by atoms with van der Waals surface area (Å²) in [6.07, 6.45) is 1.87. The van der Waals surface area contributed by atoms with Crippen LogP contribution in [-0.2, 0) is 11.3 Å². The summed E-state index contributed by atoms with van der Waals surface area (Å²) in [4.78, 5) is 19.4. The van der Waals surface area contributed by atoms with E-state index in [9.17, 15) is 4.79 Å². The normalized spacial score (nSPS) is 17.2. The van der Waals surface area contributed by atoms with Gasteiger partial charge in [0, 0.05) is 17.8 Å². The van der Waals surface area contributed by atoms with Crippen molar-refractivity contribution < 1.29 is 9.32 Å². The average molecular weight is 405 g/mol. The molecule has 30 heavy (non-hydrogen) atoms. The first-order valence-corrected chi connectivity index (χ1v) is 10.6. The molecule has 2 aromatic carbocycles. The number of carbonyl (C=O) groups is 1. The van der Waals surface area contributed by atoms with Crippen LogP contribution in [0.3, 0.4) is 0 Å². The highest BCUT2D eigenvalue weighted by molar-refractivity contribution is 5.92. The number of anilines is 1. The van der Waals surface area contributed by atoms with Crippen molar-refractivity contribution in [1.82, 2.24) is 15.0 Å². The molecule has 0 bridgehead atoms. The van der Waals surface area contributed by atoms with Gasteiger partial charge in [-0.15, -0.1) is 0 Å². The van der Waals surface area contributed by atoms with E-state index in [-0.39, 0.29) is 11.8 Å². The number of nitrogens with one attached hydrogen (secondary N) is 1. The second kappa shape index (κ2) is 9.22. The van der Waals surface area contributed by atoms with Crippen molar-refractivity contribution in [2.24, 2.45) is 5.92 Å². The van der Waals surface area contributed by atoms with Crippen molar-refractivity contribution in [3.8, 4) is 11.4 Å². The van der Waals surface area contributed by atoms with Gasteiger partial charge in [0.05, 0.1) is 12.5 Å². The molecule has 6 heteroatoms. The van der Waals surface area contributed by atoms with E-state index in [1.54, 1.807) is 0 Å². The first kappa shape index (κ1) is 20.3. The molecular formula is C24H28N4O2. The summed E-state index contributed by atoms with van der Waals surface area (Å²) in [5, 5.41) is 7.16. The second-order valence-corrected chi connectivity index (χ2v) is 8.22. The van der Waals surface area contributed by atoms with E-state index in [0.717, 1.165) is 30.6 Å². The number of benzene rings is 2. The SMILES string of the molecule is CC(C)c1ccc(-c2noc(CN3CCCC(C(=O)Nc4ccccc4)C3)n2)cc1. The smallest absolute Gasteiger partial charge is 0.241 e. The molecule has 0 aliphatic carbocycles. The molecular weight excluding hydrogens is 376 g/mol. The highest BCUT2D eigenvalue weighted by atomic mass is 16.5. The van der Waals surface area contributed by atoms with Crippen LogP contribution in [0.2, 0.25) is 0 Å². The molecule has 1 unspecified atom stereocenters. The summed E-state index contributed by atoms with van der Waals surface area (Å²) in [5.74, 6) is 1.72. The molecule has 0 spiro atoms. The van der Waals surface area contributed by atoms with Crippen LogP contribution < -0.4 is 5.32 Å². The number of piperidine rings is 1. The van der Waals surface area contributed by atoms with Crippen molar-refractivity contribution >= 4 is 11.6 Å². The van der Waals surface area contributed by atoms with E-state index in [4.69, 9.17) is 4.52 Å². The minimum Gasteiger partial charge on any atom is -0.338 e. The number of hydrogen-bond acceptors (Lipinski definition) is 5. The molecule has 1 fully saturated rings. The molecule has 0 saturated carbocycles. The highest BCUT2D eigenvalue weighted by Gasteiger charge is 2.27. The van der Waals surface area contributed by atoms with Gasteiger partial charge in [-0.2, -0.15) is 4.98 Å². The maximum Gasteiger partial charge on any atom is 0.241 e. The first-order chi connectivity index (χ1) is 14.6. The highest BCUT2D eigenvalue weighted by Crippen LogP contribution is 2.23. The Bertz CT molecular complexity index is 966. The summed E-state index contributed by atoms with van der Waals surface area (Å²) >= 11 is 0. The Morgan fingerprint density at radius 3 is 2.67 bits per heavy atom. The van der Waals surface area contributed by atoms with Crippen LogP contribution in [0.1, 0.15) is 44.1 Å². The van der Waals surface area contributed by atoms with Gasteiger partial charge >= 0.3 is 0 Å². The van der Waals surface area contributed by atoms with Crippen molar-refractivity contribution in [3.05, 3.63) is 66.1 Å². The number of aromatic nitrogens is 2. The van der Waals surface area contributed by atoms with Crippen molar-refractivity contribution in [1.29, 1.82) is 0 Å². The molecule has 1 saturated heterocycles. The molecule has 1 aliphatic rings. The van der Waals surface area contributed by atoms with Gasteiger partial charge in [-0.1, -0.05) is 61.5 Å². The van der Waals surface area contributed by atoms with Gasteiger partial charge in [0.1, 0.15) is 0 Å². The Labute approximate surface area is 177 Å². The fourth-order valence-corrected chi connectivity index (χ4v) is 3.82.